The molecule has 4 heterocycles. The van der Waals surface area contributed by atoms with Gasteiger partial charge in [-0.3, -0.25) is 19.0 Å². The number of pyridine rings is 2. The summed E-state index contributed by atoms with van der Waals surface area (Å²) in [5.74, 6) is 0. The standard InChI is InChI=1S/C25H27N5O.2ClH/c31-25-17-20(6-7-22-5-1-2-11-26-22)10-14-29(25)23-8-9-24-21(18-23)19-27-30(24)16-15-28-12-3-4-13-28;;/h1-2,5,8-11,14,17-19H,3-4,6-7,12-13,15-16H2;2*1H. The van der Waals surface area contributed by atoms with Gasteiger partial charge < -0.3 is 4.90 Å². The zero-order chi connectivity index (χ0) is 21.0. The van der Waals surface area contributed by atoms with Crippen LogP contribution in [0.3, 0.4) is 0 Å². The number of halogens is 2. The van der Waals surface area contributed by atoms with Crippen molar-refractivity contribution in [3.63, 3.8) is 0 Å². The molecule has 1 saturated heterocycles. The molecule has 8 heteroatoms. The van der Waals surface area contributed by atoms with Crippen LogP contribution in [-0.4, -0.2) is 43.9 Å². The van der Waals surface area contributed by atoms with Crippen LogP contribution in [0.4, 0.5) is 0 Å². The Morgan fingerprint density at radius 3 is 2.52 bits per heavy atom. The third-order valence-corrected chi connectivity index (χ3v) is 6.11. The molecule has 0 aliphatic carbocycles. The quantitative estimate of drug-likeness (QED) is 0.391. The highest BCUT2D eigenvalue weighted by Gasteiger charge is 2.12. The normalized spacial score (nSPS) is 13.6. The van der Waals surface area contributed by atoms with Crippen LogP contribution in [0.15, 0.2) is 71.9 Å². The van der Waals surface area contributed by atoms with E-state index < -0.39 is 0 Å². The molecule has 0 amide bonds. The van der Waals surface area contributed by atoms with Gasteiger partial charge in [0.05, 0.1) is 18.3 Å². The summed E-state index contributed by atoms with van der Waals surface area (Å²) in [5, 5.41) is 5.64. The largest absolute Gasteiger partial charge is 0.301 e. The van der Waals surface area contributed by atoms with Gasteiger partial charge in [0.25, 0.3) is 5.56 Å². The summed E-state index contributed by atoms with van der Waals surface area (Å²) in [6, 6.07) is 15.8. The lowest BCUT2D eigenvalue weighted by Crippen LogP contribution is -2.24. The number of aryl methyl sites for hydroxylation is 2. The van der Waals surface area contributed by atoms with Gasteiger partial charge in [-0.05, 0) is 80.7 Å². The van der Waals surface area contributed by atoms with E-state index in [1.165, 1.54) is 25.9 Å². The lowest BCUT2D eigenvalue weighted by molar-refractivity contribution is 0.318. The zero-order valence-electron chi connectivity index (χ0n) is 18.5. The van der Waals surface area contributed by atoms with Gasteiger partial charge in [-0.25, -0.2) is 0 Å². The molecular formula is C25H29Cl2N5O. The van der Waals surface area contributed by atoms with E-state index in [-0.39, 0.29) is 30.4 Å². The van der Waals surface area contributed by atoms with Crippen molar-refractivity contribution in [3.8, 4) is 5.69 Å². The van der Waals surface area contributed by atoms with Crippen molar-refractivity contribution in [1.29, 1.82) is 0 Å². The molecule has 0 saturated carbocycles. The van der Waals surface area contributed by atoms with Crippen molar-refractivity contribution >= 4 is 35.7 Å². The average Bonchev–Trinajstić information content (AvgIpc) is 3.46. The molecule has 0 atom stereocenters. The molecule has 0 N–H and O–H groups in total. The summed E-state index contributed by atoms with van der Waals surface area (Å²) in [6.07, 6.45) is 9.81. The average molecular weight is 486 g/mol. The third-order valence-electron chi connectivity index (χ3n) is 6.11. The molecule has 33 heavy (non-hydrogen) atoms. The van der Waals surface area contributed by atoms with E-state index in [4.69, 9.17) is 0 Å². The maximum Gasteiger partial charge on any atom is 0.255 e. The molecule has 174 valence electrons. The number of rotatable bonds is 7. The van der Waals surface area contributed by atoms with Gasteiger partial charge >= 0.3 is 0 Å². The van der Waals surface area contributed by atoms with Gasteiger partial charge in [-0.1, -0.05) is 6.07 Å². The number of fused-ring (bicyclic) bond motifs is 1. The number of aromatic nitrogens is 4. The molecule has 0 radical (unpaired) electrons. The molecular weight excluding hydrogens is 457 g/mol. The van der Waals surface area contributed by atoms with Crippen LogP contribution in [0.1, 0.15) is 24.1 Å². The fraction of sp³-hybridized carbons (Fsp3) is 0.320. The summed E-state index contributed by atoms with van der Waals surface area (Å²) in [7, 11) is 0. The minimum Gasteiger partial charge on any atom is -0.301 e. The van der Waals surface area contributed by atoms with Gasteiger partial charge in [-0.15, -0.1) is 24.8 Å². The molecule has 5 rings (SSSR count). The smallest absolute Gasteiger partial charge is 0.255 e. The third kappa shape index (κ3) is 5.82. The molecule has 4 aromatic rings. The van der Waals surface area contributed by atoms with E-state index in [0.29, 0.717) is 0 Å². The van der Waals surface area contributed by atoms with Crippen molar-refractivity contribution < 1.29 is 0 Å². The second kappa shape index (κ2) is 11.5. The van der Waals surface area contributed by atoms with Crippen LogP contribution in [0.5, 0.6) is 0 Å². The SMILES string of the molecule is Cl.Cl.O=c1cc(CCc2ccccn2)ccn1-c1ccc2c(cnn2CCN2CCCC2)c1. The van der Waals surface area contributed by atoms with Crippen molar-refractivity contribution in [3.05, 3.63) is 88.7 Å². The van der Waals surface area contributed by atoms with Crippen molar-refractivity contribution in [2.75, 3.05) is 19.6 Å². The van der Waals surface area contributed by atoms with Crippen LogP contribution >= 0.6 is 24.8 Å². The molecule has 1 aliphatic rings. The predicted molar refractivity (Wildman–Crippen MR) is 137 cm³/mol. The molecule has 0 spiro atoms. The minimum absolute atomic E-state index is 0. The van der Waals surface area contributed by atoms with Gasteiger partial charge in [-0.2, -0.15) is 5.10 Å². The Morgan fingerprint density at radius 1 is 0.909 bits per heavy atom. The van der Waals surface area contributed by atoms with Gasteiger partial charge in [0.1, 0.15) is 0 Å². The highest BCUT2D eigenvalue weighted by atomic mass is 35.5. The Hall–Kier alpha value is -2.67. The number of nitrogens with zero attached hydrogens (tertiary/aromatic N) is 5. The fourth-order valence-electron chi connectivity index (χ4n) is 4.35. The van der Waals surface area contributed by atoms with Crippen molar-refractivity contribution in [2.24, 2.45) is 0 Å². The predicted octanol–water partition coefficient (Wildman–Crippen LogP) is 4.31. The van der Waals surface area contributed by atoms with Crippen LogP contribution in [0, 0.1) is 0 Å². The maximum atomic E-state index is 12.8. The Morgan fingerprint density at radius 2 is 1.76 bits per heavy atom. The number of hydrogen-bond donors (Lipinski definition) is 0. The lowest BCUT2D eigenvalue weighted by atomic mass is 10.1. The van der Waals surface area contributed by atoms with Crippen LogP contribution in [0.25, 0.3) is 16.6 Å². The van der Waals surface area contributed by atoms with E-state index in [1.807, 2.05) is 48.8 Å². The lowest BCUT2D eigenvalue weighted by Gasteiger charge is -2.14. The highest BCUT2D eigenvalue weighted by Crippen LogP contribution is 2.18. The van der Waals surface area contributed by atoms with Crippen molar-refractivity contribution in [2.45, 2.75) is 32.2 Å². The molecule has 1 aliphatic heterocycles. The first-order chi connectivity index (χ1) is 15.3. The molecule has 6 nitrogen and oxygen atoms in total. The molecule has 1 aromatic carbocycles. The first-order valence-electron chi connectivity index (χ1n) is 11.1. The summed E-state index contributed by atoms with van der Waals surface area (Å²) in [5.41, 5.74) is 4.04. The fourth-order valence-corrected chi connectivity index (χ4v) is 4.35. The molecule has 0 unspecified atom stereocenters. The Kier molecular flexibility index (Phi) is 8.67. The summed E-state index contributed by atoms with van der Waals surface area (Å²) in [6.45, 7) is 4.33. The number of likely N-dealkylation sites (tertiary alicyclic amines) is 1. The van der Waals surface area contributed by atoms with E-state index in [0.717, 1.165) is 53.8 Å². The first kappa shape index (κ1) is 25.0. The minimum atomic E-state index is -0.0145. The summed E-state index contributed by atoms with van der Waals surface area (Å²) < 4.78 is 3.77. The van der Waals surface area contributed by atoms with Gasteiger partial charge in [0.15, 0.2) is 0 Å². The van der Waals surface area contributed by atoms with E-state index in [9.17, 15) is 4.79 Å². The highest BCUT2D eigenvalue weighted by molar-refractivity contribution is 5.85. The van der Waals surface area contributed by atoms with E-state index in [2.05, 4.69) is 25.7 Å². The summed E-state index contributed by atoms with van der Waals surface area (Å²) >= 11 is 0. The Bertz CT molecular complexity index is 1230. The summed E-state index contributed by atoms with van der Waals surface area (Å²) in [4.78, 5) is 19.6. The molecule has 3 aromatic heterocycles. The zero-order valence-corrected chi connectivity index (χ0v) is 20.1. The number of benzene rings is 1. The Labute approximate surface area is 206 Å². The number of hydrogen-bond acceptors (Lipinski definition) is 4. The maximum absolute atomic E-state index is 12.8. The van der Waals surface area contributed by atoms with E-state index in [1.54, 1.807) is 16.8 Å². The van der Waals surface area contributed by atoms with Crippen molar-refractivity contribution in [1.82, 2.24) is 24.2 Å². The second-order valence-electron chi connectivity index (χ2n) is 8.22. The van der Waals surface area contributed by atoms with Crippen LogP contribution in [0.2, 0.25) is 0 Å². The first-order valence-corrected chi connectivity index (χ1v) is 11.1. The monoisotopic (exact) mass is 485 g/mol. The van der Waals surface area contributed by atoms with Gasteiger partial charge in [0.2, 0.25) is 0 Å². The Balaban J connectivity index is 0.00000153. The molecule has 0 bridgehead atoms. The second-order valence-corrected chi connectivity index (χ2v) is 8.22. The molecule has 1 fully saturated rings. The topological polar surface area (TPSA) is 56.0 Å². The van der Waals surface area contributed by atoms with Crippen LogP contribution in [-0.2, 0) is 19.4 Å². The van der Waals surface area contributed by atoms with E-state index >= 15 is 0 Å². The van der Waals surface area contributed by atoms with Crippen LogP contribution < -0.4 is 5.56 Å². The van der Waals surface area contributed by atoms with Gasteiger partial charge in [0, 0.05) is 41.8 Å².